The Morgan fingerprint density at radius 1 is 1.16 bits per heavy atom. The minimum absolute atomic E-state index is 0.597. The van der Waals surface area contributed by atoms with E-state index in [4.69, 9.17) is 9.47 Å². The van der Waals surface area contributed by atoms with Crippen LogP contribution in [0.1, 0.15) is 6.92 Å². The molecule has 0 atom stereocenters. The summed E-state index contributed by atoms with van der Waals surface area (Å²) >= 11 is 0. The third kappa shape index (κ3) is 2.73. The summed E-state index contributed by atoms with van der Waals surface area (Å²) in [5.74, 6) is 1.93. The van der Waals surface area contributed by atoms with Crippen molar-refractivity contribution in [3.63, 3.8) is 0 Å². The van der Waals surface area contributed by atoms with Crippen molar-refractivity contribution < 1.29 is 9.47 Å². The molecule has 0 fully saturated rings. The third-order valence-electron chi connectivity index (χ3n) is 2.57. The van der Waals surface area contributed by atoms with Gasteiger partial charge in [0.05, 0.1) is 20.4 Å². The monoisotopic (exact) mass is 260 g/mol. The maximum absolute atomic E-state index is 5.40. The van der Waals surface area contributed by atoms with Gasteiger partial charge in [0.2, 0.25) is 0 Å². The Morgan fingerprint density at radius 2 is 2.00 bits per heavy atom. The second kappa shape index (κ2) is 5.99. The maximum Gasteiger partial charge on any atom is 0.187 e. The summed E-state index contributed by atoms with van der Waals surface area (Å²) in [5.41, 5.74) is 1.50. The molecule has 0 saturated heterocycles. The van der Waals surface area contributed by atoms with E-state index in [1.807, 2.05) is 13.0 Å². The molecule has 0 aliphatic rings. The van der Waals surface area contributed by atoms with Gasteiger partial charge in [0.1, 0.15) is 17.8 Å². The molecule has 1 N–H and O–H groups in total. The van der Waals surface area contributed by atoms with Gasteiger partial charge in [-0.25, -0.2) is 9.97 Å². The highest BCUT2D eigenvalue weighted by molar-refractivity contribution is 5.72. The highest BCUT2D eigenvalue weighted by Gasteiger charge is 2.14. The molecule has 100 valence electrons. The molecule has 0 aliphatic heterocycles. The van der Waals surface area contributed by atoms with Crippen LogP contribution < -0.4 is 14.8 Å². The molecule has 19 heavy (non-hydrogen) atoms. The van der Waals surface area contributed by atoms with Gasteiger partial charge in [-0.05, 0) is 13.0 Å². The Labute approximate surface area is 111 Å². The van der Waals surface area contributed by atoms with Crippen molar-refractivity contribution in [3.05, 3.63) is 24.8 Å². The van der Waals surface area contributed by atoms with E-state index in [0.29, 0.717) is 23.0 Å². The Morgan fingerprint density at radius 3 is 2.68 bits per heavy atom. The fraction of sp³-hybridized carbons (Fsp3) is 0.308. The van der Waals surface area contributed by atoms with E-state index in [1.165, 1.54) is 6.33 Å². The standard InChI is InChI=1S/C13H16N4O2/c1-4-15-13-12(19-3)11(16-8-17-13)9-5-10(18-2)7-14-6-9/h5-8H,4H2,1-3H3,(H,15,16,17). The zero-order chi connectivity index (χ0) is 13.7. The van der Waals surface area contributed by atoms with Crippen LogP contribution in [0.4, 0.5) is 5.82 Å². The Bertz CT molecular complexity index is 560. The molecule has 0 amide bonds. The number of hydrogen-bond acceptors (Lipinski definition) is 6. The minimum atomic E-state index is 0.597. The first kappa shape index (κ1) is 13.1. The highest BCUT2D eigenvalue weighted by Crippen LogP contribution is 2.33. The highest BCUT2D eigenvalue weighted by atomic mass is 16.5. The van der Waals surface area contributed by atoms with Gasteiger partial charge in [0.15, 0.2) is 11.6 Å². The van der Waals surface area contributed by atoms with Crippen LogP contribution >= 0.6 is 0 Å². The average Bonchev–Trinajstić information content (AvgIpc) is 2.47. The second-order valence-corrected chi connectivity index (χ2v) is 3.75. The summed E-state index contributed by atoms with van der Waals surface area (Å²) < 4.78 is 10.6. The molecule has 0 saturated carbocycles. The van der Waals surface area contributed by atoms with Crippen LogP contribution in [0.2, 0.25) is 0 Å². The van der Waals surface area contributed by atoms with Gasteiger partial charge in [-0.3, -0.25) is 4.98 Å². The summed E-state index contributed by atoms with van der Waals surface area (Å²) in [6, 6.07) is 1.85. The second-order valence-electron chi connectivity index (χ2n) is 3.75. The lowest BCUT2D eigenvalue weighted by molar-refractivity contribution is 0.411. The normalized spacial score (nSPS) is 10.1. The van der Waals surface area contributed by atoms with Crippen LogP contribution in [0.3, 0.4) is 0 Å². The number of ether oxygens (including phenoxy) is 2. The number of anilines is 1. The Balaban J connectivity index is 2.51. The fourth-order valence-electron chi connectivity index (χ4n) is 1.73. The van der Waals surface area contributed by atoms with E-state index in [0.717, 1.165) is 12.1 Å². The summed E-state index contributed by atoms with van der Waals surface area (Å²) in [6.45, 7) is 2.75. The lowest BCUT2D eigenvalue weighted by Crippen LogP contribution is -2.04. The van der Waals surface area contributed by atoms with Crippen LogP contribution in [0.25, 0.3) is 11.3 Å². The van der Waals surface area contributed by atoms with Gasteiger partial charge in [-0.2, -0.15) is 0 Å². The zero-order valence-corrected chi connectivity index (χ0v) is 11.2. The fourth-order valence-corrected chi connectivity index (χ4v) is 1.73. The van der Waals surface area contributed by atoms with Crippen molar-refractivity contribution >= 4 is 5.82 Å². The number of nitrogens with zero attached hydrogens (tertiary/aromatic N) is 3. The van der Waals surface area contributed by atoms with Crippen molar-refractivity contribution in [2.75, 3.05) is 26.1 Å². The van der Waals surface area contributed by atoms with Gasteiger partial charge in [-0.1, -0.05) is 0 Å². The minimum Gasteiger partial charge on any atom is -0.495 e. The molecule has 2 heterocycles. The number of hydrogen-bond donors (Lipinski definition) is 1. The van der Waals surface area contributed by atoms with Crippen molar-refractivity contribution in [1.29, 1.82) is 0 Å². The molecule has 0 radical (unpaired) electrons. The summed E-state index contributed by atoms with van der Waals surface area (Å²) in [6.07, 6.45) is 4.85. The van der Waals surface area contributed by atoms with Gasteiger partial charge in [-0.15, -0.1) is 0 Å². The first-order valence-corrected chi connectivity index (χ1v) is 5.92. The van der Waals surface area contributed by atoms with E-state index in [9.17, 15) is 0 Å². The van der Waals surface area contributed by atoms with Crippen LogP contribution in [-0.4, -0.2) is 35.7 Å². The lowest BCUT2D eigenvalue weighted by Gasteiger charge is -2.12. The third-order valence-corrected chi connectivity index (χ3v) is 2.57. The van der Waals surface area contributed by atoms with E-state index in [-0.39, 0.29) is 0 Å². The van der Waals surface area contributed by atoms with Crippen LogP contribution in [-0.2, 0) is 0 Å². The van der Waals surface area contributed by atoms with Crippen LogP contribution in [0, 0.1) is 0 Å². The molecular formula is C13H16N4O2. The molecule has 6 heteroatoms. The molecule has 0 unspecified atom stereocenters. The molecule has 0 bridgehead atoms. The predicted molar refractivity (Wildman–Crippen MR) is 72.5 cm³/mol. The van der Waals surface area contributed by atoms with Crippen molar-refractivity contribution in [3.8, 4) is 22.8 Å². The molecule has 6 nitrogen and oxygen atoms in total. The van der Waals surface area contributed by atoms with E-state index in [1.54, 1.807) is 26.6 Å². The molecule has 2 aromatic rings. The summed E-state index contributed by atoms with van der Waals surface area (Å²) in [5, 5.41) is 3.14. The number of nitrogens with one attached hydrogen (secondary N) is 1. The maximum atomic E-state index is 5.40. The van der Waals surface area contributed by atoms with E-state index < -0.39 is 0 Å². The molecule has 2 rings (SSSR count). The van der Waals surface area contributed by atoms with E-state index >= 15 is 0 Å². The Hall–Kier alpha value is -2.37. The van der Waals surface area contributed by atoms with Gasteiger partial charge in [0, 0.05) is 18.3 Å². The first-order valence-electron chi connectivity index (χ1n) is 5.92. The van der Waals surface area contributed by atoms with Crippen LogP contribution in [0.15, 0.2) is 24.8 Å². The molecule has 0 aromatic carbocycles. The predicted octanol–water partition coefficient (Wildman–Crippen LogP) is 1.99. The number of rotatable bonds is 5. The van der Waals surface area contributed by atoms with Gasteiger partial charge < -0.3 is 14.8 Å². The number of methoxy groups -OCH3 is 2. The summed E-state index contributed by atoms with van der Waals surface area (Å²) in [7, 11) is 3.19. The summed E-state index contributed by atoms with van der Waals surface area (Å²) in [4.78, 5) is 12.6. The quantitative estimate of drug-likeness (QED) is 0.886. The largest absolute Gasteiger partial charge is 0.495 e. The molecule has 2 aromatic heterocycles. The van der Waals surface area contributed by atoms with Crippen molar-refractivity contribution in [2.24, 2.45) is 0 Å². The van der Waals surface area contributed by atoms with Gasteiger partial charge >= 0.3 is 0 Å². The van der Waals surface area contributed by atoms with Crippen molar-refractivity contribution in [2.45, 2.75) is 6.92 Å². The number of pyridine rings is 1. The average molecular weight is 260 g/mol. The van der Waals surface area contributed by atoms with E-state index in [2.05, 4.69) is 20.3 Å². The number of aromatic nitrogens is 3. The SMILES string of the molecule is CCNc1ncnc(-c2cncc(OC)c2)c1OC. The Kier molecular flexibility index (Phi) is 4.12. The zero-order valence-electron chi connectivity index (χ0n) is 11.2. The first-order chi connectivity index (χ1) is 9.30. The molecular weight excluding hydrogens is 244 g/mol. The van der Waals surface area contributed by atoms with Crippen LogP contribution in [0.5, 0.6) is 11.5 Å². The van der Waals surface area contributed by atoms with Crippen molar-refractivity contribution in [1.82, 2.24) is 15.0 Å². The molecule has 0 spiro atoms. The molecule has 0 aliphatic carbocycles. The van der Waals surface area contributed by atoms with Gasteiger partial charge in [0.25, 0.3) is 0 Å². The lowest BCUT2D eigenvalue weighted by atomic mass is 10.2. The topological polar surface area (TPSA) is 69.2 Å². The smallest absolute Gasteiger partial charge is 0.187 e.